The van der Waals surface area contributed by atoms with Crippen molar-refractivity contribution in [2.24, 2.45) is 0 Å². The van der Waals surface area contributed by atoms with E-state index in [9.17, 15) is 3.87 Å². The first-order valence-corrected chi connectivity index (χ1v) is 3.88. The molecule has 0 heterocycles. The molecule has 0 unspecified atom stereocenters. The Morgan fingerprint density at radius 3 is 1.67 bits per heavy atom. The molecule has 0 aromatic carbocycles. The van der Waals surface area contributed by atoms with Gasteiger partial charge in [0.1, 0.15) is 0 Å². The average molecular weight is 133 g/mol. The molecule has 0 fully saturated rings. The van der Waals surface area contributed by atoms with Gasteiger partial charge in [0, 0.05) is 0 Å². The summed E-state index contributed by atoms with van der Waals surface area (Å²) < 4.78 is 10.3. The minimum absolute atomic E-state index is 0.359. The third-order valence-electron chi connectivity index (χ3n) is 0.542. The van der Waals surface area contributed by atoms with Crippen LogP contribution in [-0.4, -0.2) is 0 Å². The van der Waals surface area contributed by atoms with Gasteiger partial charge in [0.2, 0.25) is 0 Å². The Morgan fingerprint density at radius 2 is 1.67 bits per heavy atom. The van der Waals surface area contributed by atoms with Gasteiger partial charge < -0.3 is 0 Å². The Labute approximate surface area is 42.7 Å². The van der Waals surface area contributed by atoms with E-state index < -0.39 is 13.6 Å². The average Bonchev–Trinajstić information content (AvgIpc) is 1.36. The maximum atomic E-state index is 10.3. The van der Waals surface area contributed by atoms with Gasteiger partial charge >= 0.3 is 42.0 Å². The molecule has 0 bridgehead atoms. The fourth-order valence-corrected chi connectivity index (χ4v) is 0. The van der Waals surface area contributed by atoms with E-state index >= 15 is 0 Å². The molecular formula is C4H10CoO. The fraction of sp³-hybridized carbons (Fsp3) is 1.00. The molecule has 6 heavy (non-hydrogen) atoms. The Balaban J connectivity index is 3.26. The van der Waals surface area contributed by atoms with Gasteiger partial charge in [-0.05, 0) is 0 Å². The first kappa shape index (κ1) is 6.31. The van der Waals surface area contributed by atoms with Crippen LogP contribution in [0.15, 0.2) is 0 Å². The number of hydrogen-bond acceptors (Lipinski definition) is 1. The minimum atomic E-state index is -0.891. The van der Waals surface area contributed by atoms with E-state index in [0.29, 0.717) is 4.85 Å². The predicted molar refractivity (Wildman–Crippen MR) is 21.6 cm³/mol. The van der Waals surface area contributed by atoms with E-state index in [0.717, 1.165) is 0 Å². The first-order chi connectivity index (χ1) is 2.64. The zero-order chi connectivity index (χ0) is 5.15. The van der Waals surface area contributed by atoms with Gasteiger partial charge in [-0.2, -0.15) is 0 Å². The second-order valence-corrected chi connectivity index (χ2v) is 3.84. The molecule has 0 aliphatic heterocycles. The van der Waals surface area contributed by atoms with Crippen LogP contribution in [0.4, 0.5) is 0 Å². The van der Waals surface area contributed by atoms with Crippen molar-refractivity contribution in [3.8, 4) is 0 Å². The van der Waals surface area contributed by atoms with Crippen molar-refractivity contribution in [3.05, 3.63) is 0 Å². The van der Waals surface area contributed by atoms with Crippen LogP contribution in [0.3, 0.4) is 0 Å². The zero-order valence-corrected chi connectivity index (χ0v) is 5.36. The van der Waals surface area contributed by atoms with E-state index in [1.54, 1.807) is 5.86 Å². The maximum absolute atomic E-state index is 10.3. The molecule has 0 aliphatic rings. The summed E-state index contributed by atoms with van der Waals surface area (Å²) in [6.45, 7) is 3.91. The van der Waals surface area contributed by atoms with Crippen molar-refractivity contribution in [1.82, 2.24) is 0 Å². The monoisotopic (exact) mass is 133 g/mol. The summed E-state index contributed by atoms with van der Waals surface area (Å²) in [7, 11) is 0. The van der Waals surface area contributed by atoms with Crippen molar-refractivity contribution < 1.29 is 17.5 Å². The van der Waals surface area contributed by atoms with Crippen LogP contribution in [0.5, 0.6) is 0 Å². The van der Waals surface area contributed by atoms with Crippen molar-refractivity contribution in [2.45, 2.75) is 24.6 Å². The SMILES string of the molecule is C[CH](C)[Co]([CH3])=[O]. The molecule has 0 rings (SSSR count). The van der Waals surface area contributed by atoms with E-state index in [1.165, 1.54) is 0 Å². The summed E-state index contributed by atoms with van der Waals surface area (Å²) in [6.07, 6.45) is 0. The van der Waals surface area contributed by atoms with Gasteiger partial charge in [-0.25, -0.2) is 0 Å². The quantitative estimate of drug-likeness (QED) is 0.533. The Kier molecular flexibility index (Phi) is 2.60. The molecule has 0 N–H and O–H groups in total. The summed E-state index contributed by atoms with van der Waals surface area (Å²) in [5, 5.41) is 0. The van der Waals surface area contributed by atoms with Gasteiger partial charge in [0.05, 0.1) is 0 Å². The van der Waals surface area contributed by atoms with E-state index in [2.05, 4.69) is 0 Å². The summed E-state index contributed by atoms with van der Waals surface area (Å²) in [4.78, 5) is 0.359. The van der Waals surface area contributed by atoms with Crippen LogP contribution in [0, 0.1) is 0 Å². The topological polar surface area (TPSA) is 17.1 Å². The summed E-state index contributed by atoms with van der Waals surface area (Å²) in [5.74, 6) is 1.75. The molecule has 1 nitrogen and oxygen atoms in total. The van der Waals surface area contributed by atoms with Crippen molar-refractivity contribution >= 4 is 0 Å². The van der Waals surface area contributed by atoms with E-state index in [-0.39, 0.29) is 0 Å². The molecule has 0 spiro atoms. The Hall–Kier alpha value is 0.306. The summed E-state index contributed by atoms with van der Waals surface area (Å²) in [5.41, 5.74) is 0. The van der Waals surface area contributed by atoms with Crippen LogP contribution < -0.4 is 0 Å². The predicted octanol–water partition coefficient (Wildman–Crippen LogP) is 1.83. The summed E-state index contributed by atoms with van der Waals surface area (Å²) >= 11 is -0.891. The third-order valence-corrected chi connectivity index (χ3v) is 2.23. The van der Waals surface area contributed by atoms with Crippen LogP contribution in [-0.2, 0) is 17.5 Å². The molecule has 2 heteroatoms. The second kappa shape index (κ2) is 2.47. The van der Waals surface area contributed by atoms with Gasteiger partial charge in [-0.15, -0.1) is 0 Å². The third kappa shape index (κ3) is 2.54. The summed E-state index contributed by atoms with van der Waals surface area (Å²) in [6, 6.07) is 0. The fourth-order valence-electron chi connectivity index (χ4n) is 0. The van der Waals surface area contributed by atoms with Crippen molar-refractivity contribution in [2.75, 3.05) is 0 Å². The molecule has 0 aromatic rings. The molecule has 0 radical (unpaired) electrons. The number of hydrogen-bond donors (Lipinski definition) is 0. The molecule has 0 aliphatic carbocycles. The second-order valence-electron chi connectivity index (χ2n) is 1.37. The normalized spacial score (nSPS) is 12.3. The molecule has 0 saturated heterocycles. The number of rotatable bonds is 1. The van der Waals surface area contributed by atoms with Crippen LogP contribution in [0.2, 0.25) is 10.7 Å². The zero-order valence-electron chi connectivity index (χ0n) is 4.32. The molecular weight excluding hydrogens is 123 g/mol. The Bertz CT molecular complexity index is 58.6. The van der Waals surface area contributed by atoms with Crippen LogP contribution in [0.25, 0.3) is 0 Å². The van der Waals surface area contributed by atoms with Crippen LogP contribution >= 0.6 is 0 Å². The van der Waals surface area contributed by atoms with E-state index in [4.69, 9.17) is 0 Å². The van der Waals surface area contributed by atoms with Crippen LogP contribution in [0.1, 0.15) is 13.8 Å². The molecule has 0 saturated carbocycles. The van der Waals surface area contributed by atoms with E-state index in [1.807, 2.05) is 13.8 Å². The van der Waals surface area contributed by atoms with Crippen molar-refractivity contribution in [3.63, 3.8) is 0 Å². The standard InChI is InChI=1S/C3H7.CH3.Co.O/c1-3-2;;;/h3H,1-2H3;1H3;;. The molecule has 0 aromatic heterocycles. The molecule has 41 valence electrons. The van der Waals surface area contributed by atoms with Crippen molar-refractivity contribution in [1.29, 1.82) is 0 Å². The molecule has 0 amide bonds. The Morgan fingerprint density at radius 1 is 1.50 bits per heavy atom. The first-order valence-electron chi connectivity index (χ1n) is 1.82. The van der Waals surface area contributed by atoms with Gasteiger partial charge in [0.15, 0.2) is 0 Å². The van der Waals surface area contributed by atoms with Gasteiger partial charge in [-0.3, -0.25) is 0 Å². The van der Waals surface area contributed by atoms with Gasteiger partial charge in [0.25, 0.3) is 0 Å². The van der Waals surface area contributed by atoms with Gasteiger partial charge in [-0.1, -0.05) is 0 Å². The molecule has 0 atom stereocenters.